The van der Waals surface area contributed by atoms with Gasteiger partial charge in [-0.05, 0) is 24.3 Å². The number of hydrogen-bond donors (Lipinski definition) is 2. The van der Waals surface area contributed by atoms with Crippen LogP contribution in [0, 0.1) is 0 Å². The molecule has 2 aromatic carbocycles. The molecular weight excluding hydrogens is 376 g/mol. The molecule has 27 heavy (non-hydrogen) atoms. The molecule has 144 valence electrons. The molecule has 0 bridgehead atoms. The third-order valence-corrected chi connectivity index (χ3v) is 6.39. The summed E-state index contributed by atoms with van der Waals surface area (Å²) in [5.74, 6) is -0.640. The molecule has 0 spiro atoms. The van der Waals surface area contributed by atoms with Crippen LogP contribution in [0.3, 0.4) is 0 Å². The summed E-state index contributed by atoms with van der Waals surface area (Å²) in [6.45, 7) is 7.97. The van der Waals surface area contributed by atoms with Gasteiger partial charge in [0.15, 0.2) is 0 Å². The topological polar surface area (TPSA) is 58.2 Å². The first-order chi connectivity index (χ1) is 12.8. The Morgan fingerprint density at radius 2 is 1.04 bits per heavy atom. The number of hydrogen-bond acceptors (Lipinski definition) is 4. The molecule has 0 radical (unpaired) electrons. The summed E-state index contributed by atoms with van der Waals surface area (Å²) >= 11 is 2.74. The first kappa shape index (κ1) is 21.4. The Labute approximate surface area is 169 Å². The van der Waals surface area contributed by atoms with Crippen LogP contribution in [0.5, 0.6) is 0 Å². The van der Waals surface area contributed by atoms with Crippen LogP contribution in [0.4, 0.5) is 11.4 Å². The number of para-hydroxylation sites is 2. The molecule has 0 saturated carbocycles. The summed E-state index contributed by atoms with van der Waals surface area (Å²) < 4.78 is -1.30. The van der Waals surface area contributed by atoms with E-state index in [1.807, 2.05) is 88.4 Å². The van der Waals surface area contributed by atoms with Gasteiger partial charge >= 0.3 is 0 Å². The number of nitrogens with one attached hydrogen (secondary N) is 2. The highest BCUT2D eigenvalue weighted by Gasteiger charge is 2.48. The number of rotatable bonds is 8. The summed E-state index contributed by atoms with van der Waals surface area (Å²) in [5.41, 5.74) is 1.35. The Balaban J connectivity index is 2.37. The van der Waals surface area contributed by atoms with Crippen LogP contribution in [0.15, 0.2) is 60.7 Å². The minimum absolute atomic E-state index is 0.0966. The Morgan fingerprint density at radius 1 is 0.704 bits per heavy atom. The first-order valence-electron chi connectivity index (χ1n) is 8.92. The first-order valence-corrected chi connectivity index (χ1v) is 10.7. The van der Waals surface area contributed by atoms with Crippen molar-refractivity contribution in [1.29, 1.82) is 0 Å². The van der Waals surface area contributed by atoms with Gasteiger partial charge in [-0.1, -0.05) is 64.1 Å². The van der Waals surface area contributed by atoms with Gasteiger partial charge in [-0.2, -0.15) is 0 Å². The van der Waals surface area contributed by atoms with E-state index in [0.717, 1.165) is 0 Å². The predicted octanol–water partition coefficient (Wildman–Crippen LogP) is 5.24. The Hall–Kier alpha value is -1.92. The maximum atomic E-state index is 13.3. The van der Waals surface area contributed by atoms with Gasteiger partial charge in [0.25, 0.3) is 11.8 Å². The van der Waals surface area contributed by atoms with E-state index in [0.29, 0.717) is 11.4 Å². The second kappa shape index (κ2) is 9.85. The molecule has 0 heterocycles. The van der Waals surface area contributed by atoms with Crippen molar-refractivity contribution < 1.29 is 9.59 Å². The number of carbonyl (C=O) groups excluding carboxylic acids is 2. The molecule has 0 fully saturated rings. The lowest BCUT2D eigenvalue weighted by molar-refractivity contribution is -0.124. The van der Waals surface area contributed by atoms with Gasteiger partial charge in [0.1, 0.15) is 0 Å². The number of thioether (sulfide) groups is 2. The molecule has 2 rings (SSSR count). The Bertz CT molecular complexity index is 684. The molecular formula is C21H26N2O2S2. The molecule has 2 amide bonds. The zero-order chi connectivity index (χ0) is 19.9. The van der Waals surface area contributed by atoms with E-state index in [1.165, 1.54) is 23.5 Å². The van der Waals surface area contributed by atoms with Crippen LogP contribution in [0.1, 0.15) is 27.7 Å². The van der Waals surface area contributed by atoms with Crippen molar-refractivity contribution in [2.45, 2.75) is 42.3 Å². The van der Waals surface area contributed by atoms with Crippen molar-refractivity contribution in [2.75, 3.05) is 10.6 Å². The molecule has 2 N–H and O–H groups in total. The van der Waals surface area contributed by atoms with Crippen LogP contribution >= 0.6 is 23.5 Å². The van der Waals surface area contributed by atoms with Crippen LogP contribution in [-0.2, 0) is 9.59 Å². The van der Waals surface area contributed by atoms with E-state index in [9.17, 15) is 9.59 Å². The lowest BCUT2D eigenvalue weighted by atomic mass is 10.2. The fourth-order valence-corrected chi connectivity index (χ4v) is 5.82. The van der Waals surface area contributed by atoms with Crippen molar-refractivity contribution in [3.63, 3.8) is 0 Å². The van der Waals surface area contributed by atoms with E-state index >= 15 is 0 Å². The van der Waals surface area contributed by atoms with Gasteiger partial charge in [0, 0.05) is 21.9 Å². The highest BCUT2D eigenvalue weighted by atomic mass is 32.2. The molecule has 0 saturated heterocycles. The van der Waals surface area contributed by atoms with Gasteiger partial charge in [-0.3, -0.25) is 9.59 Å². The number of amides is 2. The number of benzene rings is 2. The van der Waals surface area contributed by atoms with Crippen molar-refractivity contribution >= 4 is 46.7 Å². The third-order valence-electron chi connectivity index (χ3n) is 3.46. The van der Waals surface area contributed by atoms with Gasteiger partial charge < -0.3 is 10.6 Å². The van der Waals surface area contributed by atoms with Crippen molar-refractivity contribution in [3.8, 4) is 0 Å². The second-order valence-corrected chi connectivity index (χ2v) is 10.4. The summed E-state index contributed by atoms with van der Waals surface area (Å²) in [6.07, 6.45) is 0. The molecule has 0 unspecified atom stereocenters. The van der Waals surface area contributed by atoms with Crippen molar-refractivity contribution in [2.24, 2.45) is 0 Å². The minimum Gasteiger partial charge on any atom is -0.324 e. The summed E-state index contributed by atoms with van der Waals surface area (Å²) in [4.78, 5) is 26.6. The van der Waals surface area contributed by atoms with Gasteiger partial charge in [-0.15, -0.1) is 23.5 Å². The Kier molecular flexibility index (Phi) is 7.80. The highest BCUT2D eigenvalue weighted by molar-refractivity contribution is 8.21. The second-order valence-electron chi connectivity index (χ2n) is 6.59. The van der Waals surface area contributed by atoms with Gasteiger partial charge in [-0.25, -0.2) is 0 Å². The monoisotopic (exact) mass is 402 g/mol. The third kappa shape index (κ3) is 6.04. The fourth-order valence-electron chi connectivity index (χ4n) is 2.48. The predicted molar refractivity (Wildman–Crippen MR) is 118 cm³/mol. The molecule has 0 aliphatic rings. The molecule has 0 aliphatic heterocycles. The lowest BCUT2D eigenvalue weighted by Crippen LogP contribution is -2.49. The van der Waals surface area contributed by atoms with Crippen LogP contribution in [0.2, 0.25) is 0 Å². The maximum Gasteiger partial charge on any atom is 0.260 e. The number of carbonyl (C=O) groups is 2. The summed E-state index contributed by atoms with van der Waals surface area (Å²) in [7, 11) is 0. The maximum absolute atomic E-state index is 13.3. The lowest BCUT2D eigenvalue weighted by Gasteiger charge is -2.33. The molecule has 0 aliphatic carbocycles. The van der Waals surface area contributed by atoms with Gasteiger partial charge in [0.05, 0.1) is 0 Å². The van der Waals surface area contributed by atoms with Crippen LogP contribution in [0.25, 0.3) is 0 Å². The number of anilines is 2. The molecule has 0 aromatic heterocycles. The summed E-state index contributed by atoms with van der Waals surface area (Å²) in [6, 6.07) is 18.5. The van der Waals surface area contributed by atoms with Crippen molar-refractivity contribution in [1.82, 2.24) is 0 Å². The largest absolute Gasteiger partial charge is 0.324 e. The van der Waals surface area contributed by atoms with E-state index in [4.69, 9.17) is 0 Å². The molecule has 2 aromatic rings. The smallest absolute Gasteiger partial charge is 0.260 e. The SMILES string of the molecule is CC(C)SC(SC(C)C)(C(=O)Nc1ccccc1)C(=O)Nc1ccccc1. The normalized spacial score (nSPS) is 11.5. The molecule has 0 atom stereocenters. The Morgan fingerprint density at radius 3 is 1.33 bits per heavy atom. The van der Waals surface area contributed by atoms with E-state index in [2.05, 4.69) is 10.6 Å². The average Bonchev–Trinajstić information content (AvgIpc) is 2.61. The molecule has 4 nitrogen and oxygen atoms in total. The van der Waals surface area contributed by atoms with E-state index < -0.39 is 4.08 Å². The standard InChI is InChI=1S/C21H26N2O2S2/c1-15(2)26-21(27-16(3)4,19(24)22-17-11-7-5-8-12-17)20(25)23-18-13-9-6-10-14-18/h5-16H,1-4H3,(H,22,24)(H,23,25). The van der Waals surface area contributed by atoms with Crippen LogP contribution < -0.4 is 10.6 Å². The fraction of sp³-hybridized carbons (Fsp3) is 0.333. The highest BCUT2D eigenvalue weighted by Crippen LogP contribution is 2.44. The average molecular weight is 403 g/mol. The molecule has 6 heteroatoms. The van der Waals surface area contributed by atoms with E-state index in [1.54, 1.807) is 0 Å². The zero-order valence-corrected chi connectivity index (χ0v) is 17.7. The van der Waals surface area contributed by atoms with Crippen LogP contribution in [-0.4, -0.2) is 26.4 Å². The van der Waals surface area contributed by atoms with E-state index in [-0.39, 0.29) is 22.3 Å². The summed E-state index contributed by atoms with van der Waals surface area (Å²) in [5, 5.41) is 6.03. The minimum atomic E-state index is -1.30. The quantitative estimate of drug-likeness (QED) is 0.468. The van der Waals surface area contributed by atoms with Gasteiger partial charge in [0.2, 0.25) is 4.08 Å². The zero-order valence-electron chi connectivity index (χ0n) is 16.1. The van der Waals surface area contributed by atoms with Crippen molar-refractivity contribution in [3.05, 3.63) is 60.7 Å².